The van der Waals surface area contributed by atoms with Crippen molar-refractivity contribution in [1.29, 1.82) is 0 Å². The first-order valence-electron chi connectivity index (χ1n) is 8.24. The monoisotopic (exact) mass is 319 g/mol. The van der Waals surface area contributed by atoms with Crippen LogP contribution in [0.1, 0.15) is 32.4 Å². The molecule has 1 aliphatic rings. The maximum atomic E-state index is 9.78. The summed E-state index contributed by atoms with van der Waals surface area (Å²) in [7, 11) is 0. The van der Waals surface area contributed by atoms with Crippen molar-refractivity contribution in [3.63, 3.8) is 0 Å². The average Bonchev–Trinajstić information content (AvgIpc) is 3.17. The zero-order valence-corrected chi connectivity index (χ0v) is 13.8. The molecule has 0 amide bonds. The van der Waals surface area contributed by atoms with E-state index in [9.17, 15) is 5.11 Å². The Labute approximate surface area is 136 Å². The molecule has 0 aliphatic carbocycles. The van der Waals surface area contributed by atoms with E-state index in [0.29, 0.717) is 25.7 Å². The van der Waals surface area contributed by atoms with Crippen molar-refractivity contribution >= 4 is 0 Å². The van der Waals surface area contributed by atoms with E-state index in [4.69, 9.17) is 4.74 Å². The molecule has 2 aromatic heterocycles. The van der Waals surface area contributed by atoms with Crippen molar-refractivity contribution in [2.75, 3.05) is 19.8 Å². The quantitative estimate of drug-likeness (QED) is 0.845. The van der Waals surface area contributed by atoms with Crippen LogP contribution < -0.4 is 0 Å². The van der Waals surface area contributed by atoms with E-state index in [1.165, 1.54) is 0 Å². The highest BCUT2D eigenvalue weighted by atomic mass is 16.5. The number of aliphatic hydroxyl groups is 1. The van der Waals surface area contributed by atoms with E-state index in [-0.39, 0.29) is 12.0 Å². The van der Waals surface area contributed by atoms with Gasteiger partial charge in [0.15, 0.2) is 0 Å². The summed E-state index contributed by atoms with van der Waals surface area (Å²) in [5.74, 6) is 0.580. The molecule has 0 saturated carbocycles. The van der Waals surface area contributed by atoms with E-state index in [1.54, 1.807) is 0 Å². The maximum absolute atomic E-state index is 9.78. The predicted octanol–water partition coefficient (Wildman–Crippen LogP) is 1.66. The Bertz CT molecular complexity index is 628. The van der Waals surface area contributed by atoms with Gasteiger partial charge in [0.25, 0.3) is 0 Å². The van der Waals surface area contributed by atoms with Gasteiger partial charge in [0.05, 0.1) is 19.3 Å². The Morgan fingerprint density at radius 1 is 1.35 bits per heavy atom. The van der Waals surface area contributed by atoms with Crippen LogP contribution in [0.15, 0.2) is 12.3 Å². The van der Waals surface area contributed by atoms with Crippen LogP contribution in [0.25, 0.3) is 11.4 Å². The molecule has 126 valence electrons. The normalized spacial score (nSPS) is 17.7. The molecule has 0 radical (unpaired) electrons. The minimum atomic E-state index is -0.155. The number of ether oxygens (including phenoxy) is 1. The van der Waals surface area contributed by atoms with E-state index < -0.39 is 0 Å². The lowest BCUT2D eigenvalue weighted by Crippen LogP contribution is -2.37. The Kier molecular flexibility index (Phi) is 4.77. The third kappa shape index (κ3) is 3.79. The van der Waals surface area contributed by atoms with Crippen LogP contribution >= 0.6 is 0 Å². The molecule has 1 fully saturated rings. The van der Waals surface area contributed by atoms with Crippen molar-refractivity contribution in [3.05, 3.63) is 18.0 Å². The summed E-state index contributed by atoms with van der Waals surface area (Å²) in [6.45, 7) is 6.55. The summed E-state index contributed by atoms with van der Waals surface area (Å²) in [6, 6.07) is 2.03. The number of nitrogens with zero attached hydrogens (tertiary/aromatic N) is 4. The minimum Gasteiger partial charge on any atom is -0.396 e. The SMILES string of the molecule is CC(C)Cc1cc(-c2cn(CC3(CO)CCOCC3)nn2)n[nH]1. The molecule has 7 nitrogen and oxygen atoms in total. The van der Waals surface area contributed by atoms with Crippen LogP contribution in [-0.4, -0.2) is 50.1 Å². The molecule has 0 atom stereocenters. The van der Waals surface area contributed by atoms with Crippen molar-refractivity contribution in [3.8, 4) is 11.4 Å². The molecule has 0 spiro atoms. The molecule has 0 bridgehead atoms. The fourth-order valence-electron chi connectivity index (χ4n) is 3.04. The van der Waals surface area contributed by atoms with E-state index >= 15 is 0 Å². The molecule has 0 unspecified atom stereocenters. The molecular weight excluding hydrogens is 294 g/mol. The van der Waals surface area contributed by atoms with Crippen LogP contribution in [0, 0.1) is 11.3 Å². The molecule has 0 aromatic carbocycles. The first kappa shape index (κ1) is 16.1. The molecule has 3 heterocycles. The Balaban J connectivity index is 1.71. The van der Waals surface area contributed by atoms with Gasteiger partial charge in [-0.15, -0.1) is 5.10 Å². The number of rotatable bonds is 6. The second-order valence-electron chi connectivity index (χ2n) is 6.95. The smallest absolute Gasteiger partial charge is 0.133 e. The van der Waals surface area contributed by atoms with Gasteiger partial charge >= 0.3 is 0 Å². The molecule has 23 heavy (non-hydrogen) atoms. The Hall–Kier alpha value is -1.73. The molecule has 1 aliphatic heterocycles. The van der Waals surface area contributed by atoms with Gasteiger partial charge in [0, 0.05) is 24.3 Å². The van der Waals surface area contributed by atoms with Crippen LogP contribution in [0.2, 0.25) is 0 Å². The van der Waals surface area contributed by atoms with Crippen molar-refractivity contribution < 1.29 is 9.84 Å². The fraction of sp³-hybridized carbons (Fsp3) is 0.688. The second-order valence-corrected chi connectivity index (χ2v) is 6.95. The lowest BCUT2D eigenvalue weighted by molar-refractivity contribution is -0.0272. The number of nitrogens with one attached hydrogen (secondary N) is 1. The predicted molar refractivity (Wildman–Crippen MR) is 85.7 cm³/mol. The average molecular weight is 319 g/mol. The largest absolute Gasteiger partial charge is 0.396 e. The van der Waals surface area contributed by atoms with Gasteiger partial charge in [0.2, 0.25) is 0 Å². The highest BCUT2D eigenvalue weighted by molar-refractivity contribution is 5.52. The topological polar surface area (TPSA) is 88.8 Å². The van der Waals surface area contributed by atoms with E-state index in [2.05, 4.69) is 34.4 Å². The van der Waals surface area contributed by atoms with E-state index in [1.807, 2.05) is 16.9 Å². The van der Waals surface area contributed by atoms with Crippen LogP contribution in [0.3, 0.4) is 0 Å². The lowest BCUT2D eigenvalue weighted by atomic mass is 9.81. The zero-order valence-electron chi connectivity index (χ0n) is 13.8. The summed E-state index contributed by atoms with van der Waals surface area (Å²) in [5, 5.41) is 25.6. The number of aliphatic hydroxyl groups excluding tert-OH is 1. The van der Waals surface area contributed by atoms with Gasteiger partial charge in [-0.05, 0) is 31.2 Å². The number of hydrogen-bond acceptors (Lipinski definition) is 5. The number of aromatic amines is 1. The maximum Gasteiger partial charge on any atom is 0.133 e. The molecular formula is C16H25N5O2. The molecule has 7 heteroatoms. The lowest BCUT2D eigenvalue weighted by Gasteiger charge is -2.35. The minimum absolute atomic E-state index is 0.145. The van der Waals surface area contributed by atoms with Gasteiger partial charge in [0.1, 0.15) is 11.4 Å². The first-order valence-corrected chi connectivity index (χ1v) is 8.24. The molecule has 1 saturated heterocycles. The Morgan fingerprint density at radius 3 is 2.83 bits per heavy atom. The van der Waals surface area contributed by atoms with Gasteiger partial charge in [-0.2, -0.15) is 5.10 Å². The summed E-state index contributed by atoms with van der Waals surface area (Å²) in [6.07, 6.45) is 4.57. The highest BCUT2D eigenvalue weighted by Crippen LogP contribution is 2.31. The van der Waals surface area contributed by atoms with Crippen molar-refractivity contribution in [2.24, 2.45) is 11.3 Å². The van der Waals surface area contributed by atoms with Crippen LogP contribution in [0.4, 0.5) is 0 Å². The van der Waals surface area contributed by atoms with Gasteiger partial charge in [-0.1, -0.05) is 19.1 Å². The summed E-state index contributed by atoms with van der Waals surface area (Å²) >= 11 is 0. The fourth-order valence-corrected chi connectivity index (χ4v) is 3.04. The molecule has 2 aromatic rings. The second kappa shape index (κ2) is 6.80. The van der Waals surface area contributed by atoms with Crippen molar-refractivity contribution in [1.82, 2.24) is 25.2 Å². The van der Waals surface area contributed by atoms with Crippen LogP contribution in [-0.2, 0) is 17.7 Å². The molecule has 3 rings (SSSR count). The zero-order chi connectivity index (χ0) is 16.3. The summed E-state index contributed by atoms with van der Waals surface area (Å²) < 4.78 is 7.22. The highest BCUT2D eigenvalue weighted by Gasteiger charge is 2.33. The number of H-pyrrole nitrogens is 1. The van der Waals surface area contributed by atoms with E-state index in [0.717, 1.165) is 36.3 Å². The number of hydrogen-bond donors (Lipinski definition) is 2. The van der Waals surface area contributed by atoms with Gasteiger partial charge < -0.3 is 9.84 Å². The summed E-state index contributed by atoms with van der Waals surface area (Å²) in [5.41, 5.74) is 2.53. The third-order valence-corrected chi connectivity index (χ3v) is 4.45. The van der Waals surface area contributed by atoms with Gasteiger partial charge in [-0.3, -0.25) is 9.78 Å². The van der Waals surface area contributed by atoms with Crippen molar-refractivity contribution in [2.45, 2.75) is 39.7 Å². The Morgan fingerprint density at radius 2 is 2.13 bits per heavy atom. The first-order chi connectivity index (χ1) is 11.1. The number of aromatic nitrogens is 5. The standard InChI is InChI=1S/C16H25N5O2/c1-12(2)7-13-8-14(18-17-13)15-9-21(20-19-15)10-16(11-22)3-5-23-6-4-16/h8-9,12,22H,3-7,10-11H2,1-2H3,(H,17,18). The van der Waals surface area contributed by atoms with Crippen LogP contribution in [0.5, 0.6) is 0 Å². The third-order valence-electron chi connectivity index (χ3n) is 4.45. The van der Waals surface area contributed by atoms with Gasteiger partial charge in [-0.25, -0.2) is 0 Å². The molecule has 2 N–H and O–H groups in total. The summed E-state index contributed by atoms with van der Waals surface area (Å²) in [4.78, 5) is 0.